The number of aromatic nitrogens is 1. The summed E-state index contributed by atoms with van der Waals surface area (Å²) in [7, 11) is 0. The topological polar surface area (TPSA) is 38.9 Å². The van der Waals surface area contributed by atoms with Crippen molar-refractivity contribution < 1.29 is 0 Å². The van der Waals surface area contributed by atoms with E-state index in [-0.39, 0.29) is 0 Å². The van der Waals surface area contributed by atoms with Gasteiger partial charge in [0, 0.05) is 10.3 Å². The smallest absolute Gasteiger partial charge is 0.0990 e. The van der Waals surface area contributed by atoms with Gasteiger partial charge in [-0.1, -0.05) is 26.2 Å². The predicted octanol–water partition coefficient (Wildman–Crippen LogP) is 3.17. The van der Waals surface area contributed by atoms with Gasteiger partial charge in [-0.2, -0.15) is 0 Å². The van der Waals surface area contributed by atoms with E-state index >= 15 is 0 Å². The number of thiazole rings is 1. The Bertz CT molecular complexity index is 351. The van der Waals surface area contributed by atoms with Crippen LogP contribution in [-0.2, 0) is 11.8 Å². The van der Waals surface area contributed by atoms with Gasteiger partial charge in [-0.3, -0.25) is 0 Å². The molecule has 1 aromatic rings. The van der Waals surface area contributed by atoms with Crippen LogP contribution in [0.25, 0.3) is 0 Å². The van der Waals surface area contributed by atoms with E-state index in [2.05, 4.69) is 13.8 Å². The largest absolute Gasteiger partial charge is 0.330 e. The molecular formula is C13H22N2S. The van der Waals surface area contributed by atoms with Crippen LogP contribution in [-0.4, -0.2) is 11.5 Å². The summed E-state index contributed by atoms with van der Waals surface area (Å²) in [4.78, 5) is 6.18. The second-order valence-corrected chi connectivity index (χ2v) is 6.27. The van der Waals surface area contributed by atoms with E-state index in [0.29, 0.717) is 5.41 Å². The minimum atomic E-state index is 0.348. The zero-order valence-electron chi connectivity index (χ0n) is 10.4. The van der Waals surface area contributed by atoms with Crippen LogP contribution in [0.5, 0.6) is 0 Å². The Hall–Kier alpha value is -0.410. The van der Waals surface area contributed by atoms with Crippen LogP contribution < -0.4 is 5.73 Å². The van der Waals surface area contributed by atoms with E-state index in [1.165, 1.54) is 47.7 Å². The van der Waals surface area contributed by atoms with Crippen LogP contribution >= 0.6 is 11.3 Å². The minimum absolute atomic E-state index is 0.348. The molecular weight excluding hydrogens is 216 g/mol. The molecule has 1 aromatic heterocycles. The SMILES string of the molecule is Cc1nc(C2(C)CCCCC2)sc1CCN. The van der Waals surface area contributed by atoms with Crippen LogP contribution in [0.4, 0.5) is 0 Å². The van der Waals surface area contributed by atoms with Crippen molar-refractivity contribution in [1.82, 2.24) is 4.98 Å². The molecule has 0 saturated heterocycles. The molecule has 90 valence electrons. The standard InChI is InChI=1S/C13H22N2S/c1-10-11(6-9-14)16-12(15-10)13(2)7-4-3-5-8-13/h3-9,14H2,1-2H3. The van der Waals surface area contributed by atoms with Crippen LogP contribution in [0.15, 0.2) is 0 Å². The van der Waals surface area contributed by atoms with Crippen molar-refractivity contribution in [3.8, 4) is 0 Å². The molecule has 0 aliphatic heterocycles. The summed E-state index contributed by atoms with van der Waals surface area (Å²) in [5.74, 6) is 0. The summed E-state index contributed by atoms with van der Waals surface area (Å²) in [6.45, 7) is 5.24. The molecule has 1 saturated carbocycles. The second kappa shape index (κ2) is 4.84. The number of hydrogen-bond acceptors (Lipinski definition) is 3. The highest BCUT2D eigenvalue weighted by Crippen LogP contribution is 2.41. The van der Waals surface area contributed by atoms with E-state index in [4.69, 9.17) is 10.7 Å². The van der Waals surface area contributed by atoms with Crippen LogP contribution in [0.3, 0.4) is 0 Å². The molecule has 2 nitrogen and oxygen atoms in total. The fourth-order valence-corrected chi connectivity index (χ4v) is 3.87. The predicted molar refractivity (Wildman–Crippen MR) is 70.0 cm³/mol. The third kappa shape index (κ3) is 2.30. The summed E-state index contributed by atoms with van der Waals surface area (Å²) in [6, 6.07) is 0. The first-order valence-corrected chi connectivity index (χ1v) is 7.14. The Morgan fingerprint density at radius 3 is 2.62 bits per heavy atom. The van der Waals surface area contributed by atoms with Crippen molar-refractivity contribution in [2.75, 3.05) is 6.54 Å². The lowest BCUT2D eigenvalue weighted by atomic mass is 9.76. The lowest BCUT2D eigenvalue weighted by Gasteiger charge is -2.31. The first kappa shape index (κ1) is 12.1. The molecule has 2 N–H and O–H groups in total. The summed E-state index contributed by atoms with van der Waals surface area (Å²) in [5, 5.41) is 1.35. The van der Waals surface area contributed by atoms with Crippen LogP contribution in [0, 0.1) is 6.92 Å². The van der Waals surface area contributed by atoms with Crippen molar-refractivity contribution >= 4 is 11.3 Å². The Balaban J connectivity index is 2.22. The summed E-state index contributed by atoms with van der Waals surface area (Å²) >= 11 is 1.90. The van der Waals surface area contributed by atoms with Crippen LogP contribution in [0.2, 0.25) is 0 Å². The zero-order valence-corrected chi connectivity index (χ0v) is 11.2. The average Bonchev–Trinajstić information content (AvgIpc) is 2.63. The number of nitrogens with zero attached hydrogens (tertiary/aromatic N) is 1. The quantitative estimate of drug-likeness (QED) is 0.878. The maximum Gasteiger partial charge on any atom is 0.0990 e. The lowest BCUT2D eigenvalue weighted by Crippen LogP contribution is -2.24. The first-order chi connectivity index (χ1) is 7.65. The summed E-state index contributed by atoms with van der Waals surface area (Å²) in [5.41, 5.74) is 7.18. The van der Waals surface area contributed by atoms with Crippen molar-refractivity contribution in [2.24, 2.45) is 5.73 Å². The molecule has 1 aliphatic rings. The molecule has 1 fully saturated rings. The molecule has 0 bridgehead atoms. The van der Waals surface area contributed by atoms with E-state index in [1.807, 2.05) is 11.3 Å². The maximum atomic E-state index is 5.63. The summed E-state index contributed by atoms with van der Waals surface area (Å²) < 4.78 is 0. The summed E-state index contributed by atoms with van der Waals surface area (Å²) in [6.07, 6.45) is 7.72. The molecule has 0 amide bonds. The Morgan fingerprint density at radius 2 is 2.00 bits per heavy atom. The number of rotatable bonds is 3. The minimum Gasteiger partial charge on any atom is -0.330 e. The van der Waals surface area contributed by atoms with Crippen molar-refractivity contribution in [2.45, 2.75) is 57.8 Å². The van der Waals surface area contributed by atoms with Gasteiger partial charge in [0.25, 0.3) is 0 Å². The second-order valence-electron chi connectivity index (χ2n) is 5.19. The highest BCUT2D eigenvalue weighted by atomic mass is 32.1. The van der Waals surface area contributed by atoms with E-state index in [9.17, 15) is 0 Å². The van der Waals surface area contributed by atoms with Gasteiger partial charge < -0.3 is 5.73 Å². The van der Waals surface area contributed by atoms with Gasteiger partial charge in [0.15, 0.2) is 0 Å². The van der Waals surface area contributed by atoms with Gasteiger partial charge in [-0.05, 0) is 32.7 Å². The molecule has 2 rings (SSSR count). The Labute approximate surface area is 102 Å². The number of hydrogen-bond donors (Lipinski definition) is 1. The molecule has 0 atom stereocenters. The average molecular weight is 238 g/mol. The lowest BCUT2D eigenvalue weighted by molar-refractivity contribution is 0.318. The van der Waals surface area contributed by atoms with Gasteiger partial charge in [0.2, 0.25) is 0 Å². The highest BCUT2D eigenvalue weighted by Gasteiger charge is 2.32. The molecule has 0 spiro atoms. The first-order valence-electron chi connectivity index (χ1n) is 6.32. The van der Waals surface area contributed by atoms with Crippen molar-refractivity contribution in [3.63, 3.8) is 0 Å². The molecule has 3 heteroatoms. The van der Waals surface area contributed by atoms with Crippen molar-refractivity contribution in [1.29, 1.82) is 0 Å². The maximum absolute atomic E-state index is 5.63. The normalized spacial score (nSPS) is 19.9. The molecule has 16 heavy (non-hydrogen) atoms. The van der Waals surface area contributed by atoms with Gasteiger partial charge in [-0.15, -0.1) is 11.3 Å². The third-order valence-corrected chi connectivity index (χ3v) is 5.26. The van der Waals surface area contributed by atoms with Crippen molar-refractivity contribution in [3.05, 3.63) is 15.6 Å². The molecule has 0 unspecified atom stereocenters. The monoisotopic (exact) mass is 238 g/mol. The van der Waals surface area contributed by atoms with E-state index in [1.54, 1.807) is 0 Å². The fourth-order valence-electron chi connectivity index (χ4n) is 2.60. The van der Waals surface area contributed by atoms with Gasteiger partial charge in [0.1, 0.15) is 0 Å². The third-order valence-electron chi connectivity index (χ3n) is 3.74. The Kier molecular flexibility index (Phi) is 3.65. The van der Waals surface area contributed by atoms with Gasteiger partial charge in [0.05, 0.1) is 10.7 Å². The molecule has 1 aliphatic carbocycles. The number of nitrogens with two attached hydrogens (primary N) is 1. The van der Waals surface area contributed by atoms with E-state index in [0.717, 1.165) is 13.0 Å². The molecule has 1 heterocycles. The Morgan fingerprint density at radius 1 is 1.31 bits per heavy atom. The van der Waals surface area contributed by atoms with E-state index < -0.39 is 0 Å². The molecule has 0 radical (unpaired) electrons. The highest BCUT2D eigenvalue weighted by molar-refractivity contribution is 7.11. The zero-order chi connectivity index (χ0) is 11.6. The fraction of sp³-hybridized carbons (Fsp3) is 0.769. The molecule has 0 aromatic carbocycles. The number of aryl methyl sites for hydroxylation is 1. The van der Waals surface area contributed by atoms with Crippen LogP contribution in [0.1, 0.15) is 54.6 Å². The van der Waals surface area contributed by atoms with Gasteiger partial charge in [-0.25, -0.2) is 4.98 Å². The van der Waals surface area contributed by atoms with Gasteiger partial charge >= 0.3 is 0 Å².